The van der Waals surface area contributed by atoms with E-state index in [2.05, 4.69) is 42.7 Å². The summed E-state index contributed by atoms with van der Waals surface area (Å²) in [4.78, 5) is 25.3. The lowest BCUT2D eigenvalue weighted by molar-refractivity contribution is -0.121. The molecule has 0 radical (unpaired) electrons. The van der Waals surface area contributed by atoms with Crippen molar-refractivity contribution in [2.75, 3.05) is 13.6 Å². The van der Waals surface area contributed by atoms with Crippen LogP contribution >= 0.6 is 0 Å². The summed E-state index contributed by atoms with van der Waals surface area (Å²) in [6.07, 6.45) is 0.828. The Kier molecular flexibility index (Phi) is 7.05. The normalized spacial score (nSPS) is 12.1. The van der Waals surface area contributed by atoms with Gasteiger partial charge in [0, 0.05) is 12.6 Å². The minimum absolute atomic E-state index is 0.0562. The Balaban J connectivity index is 2.45. The van der Waals surface area contributed by atoms with Gasteiger partial charge in [-0.1, -0.05) is 30.7 Å². The van der Waals surface area contributed by atoms with Crippen molar-refractivity contribution in [3.05, 3.63) is 34.9 Å². The first kappa shape index (κ1) is 18.2. The lowest BCUT2D eigenvalue weighted by Crippen LogP contribution is -2.46. The number of rotatable bonds is 6. The molecule has 0 spiro atoms. The average molecular weight is 305 g/mol. The molecule has 22 heavy (non-hydrogen) atoms. The number of carbonyl (C=O) groups excluding carboxylic acids is 2. The van der Waals surface area contributed by atoms with Crippen LogP contribution in [0.4, 0.5) is 4.79 Å². The Bertz CT molecular complexity index is 529. The molecule has 0 saturated carbocycles. The maximum absolute atomic E-state index is 11.8. The smallest absolute Gasteiger partial charge is 0.321 e. The highest BCUT2D eigenvalue weighted by atomic mass is 16.2. The maximum Gasteiger partial charge on any atom is 0.321 e. The van der Waals surface area contributed by atoms with Gasteiger partial charge in [-0.3, -0.25) is 15.0 Å². The SMILES string of the molecule is CC[C@H](C)NC(=O)NC(=O)CN(C)Cc1ccc(C)cc1C. The molecule has 0 aromatic heterocycles. The summed E-state index contributed by atoms with van der Waals surface area (Å²) in [6, 6.07) is 5.90. The number of nitrogens with zero attached hydrogens (tertiary/aromatic N) is 1. The molecule has 5 nitrogen and oxygen atoms in total. The Labute approximate surface area is 133 Å². The number of hydrogen-bond acceptors (Lipinski definition) is 3. The lowest BCUT2D eigenvalue weighted by atomic mass is 10.1. The zero-order chi connectivity index (χ0) is 16.7. The molecule has 0 fully saturated rings. The van der Waals surface area contributed by atoms with E-state index in [1.807, 2.05) is 25.8 Å². The van der Waals surface area contributed by atoms with Crippen LogP contribution in [0.3, 0.4) is 0 Å². The molecule has 1 aromatic rings. The van der Waals surface area contributed by atoms with Gasteiger partial charge in [0.05, 0.1) is 6.54 Å². The molecule has 1 aromatic carbocycles. The number of hydrogen-bond donors (Lipinski definition) is 2. The van der Waals surface area contributed by atoms with Gasteiger partial charge in [-0.25, -0.2) is 4.79 Å². The third-order valence-corrected chi connectivity index (χ3v) is 3.59. The molecular formula is C17H27N3O2. The van der Waals surface area contributed by atoms with E-state index in [0.717, 1.165) is 6.42 Å². The summed E-state index contributed by atoms with van der Waals surface area (Å²) in [6.45, 7) is 8.86. The van der Waals surface area contributed by atoms with Gasteiger partial charge in [0.1, 0.15) is 0 Å². The minimum Gasteiger partial charge on any atom is -0.335 e. The lowest BCUT2D eigenvalue weighted by Gasteiger charge is -2.18. The van der Waals surface area contributed by atoms with Crippen molar-refractivity contribution in [2.45, 2.75) is 46.7 Å². The second kappa shape index (κ2) is 8.54. The van der Waals surface area contributed by atoms with Gasteiger partial charge in [0.25, 0.3) is 0 Å². The monoisotopic (exact) mass is 305 g/mol. The van der Waals surface area contributed by atoms with Gasteiger partial charge in [-0.05, 0) is 45.4 Å². The molecule has 0 aliphatic carbocycles. The molecule has 0 aliphatic heterocycles. The van der Waals surface area contributed by atoms with Gasteiger partial charge in [0.2, 0.25) is 5.91 Å². The second-order valence-electron chi connectivity index (χ2n) is 5.93. The Hall–Kier alpha value is -1.88. The highest BCUT2D eigenvalue weighted by molar-refractivity contribution is 5.95. The molecule has 1 atom stereocenters. The average Bonchev–Trinajstić information content (AvgIpc) is 2.41. The van der Waals surface area contributed by atoms with Gasteiger partial charge in [-0.15, -0.1) is 0 Å². The first-order valence-corrected chi connectivity index (χ1v) is 7.66. The van der Waals surface area contributed by atoms with Crippen molar-refractivity contribution in [1.29, 1.82) is 0 Å². The van der Waals surface area contributed by atoms with Crippen molar-refractivity contribution < 1.29 is 9.59 Å². The van der Waals surface area contributed by atoms with Crippen molar-refractivity contribution >= 4 is 11.9 Å². The van der Waals surface area contributed by atoms with Crippen LogP contribution in [0.15, 0.2) is 18.2 Å². The zero-order valence-electron chi connectivity index (χ0n) is 14.2. The van der Waals surface area contributed by atoms with Crippen molar-refractivity contribution in [1.82, 2.24) is 15.5 Å². The van der Waals surface area contributed by atoms with Crippen LogP contribution < -0.4 is 10.6 Å². The van der Waals surface area contributed by atoms with E-state index in [-0.39, 0.29) is 18.5 Å². The van der Waals surface area contributed by atoms with Crippen molar-refractivity contribution in [3.63, 3.8) is 0 Å². The second-order valence-corrected chi connectivity index (χ2v) is 5.93. The van der Waals surface area contributed by atoms with Crippen LogP contribution in [-0.4, -0.2) is 36.5 Å². The number of imide groups is 1. The maximum atomic E-state index is 11.8. The molecule has 0 aliphatic rings. The molecule has 5 heteroatoms. The largest absolute Gasteiger partial charge is 0.335 e. The number of likely N-dealkylation sites (N-methyl/N-ethyl adjacent to an activating group) is 1. The van der Waals surface area contributed by atoms with Gasteiger partial charge < -0.3 is 5.32 Å². The fraction of sp³-hybridized carbons (Fsp3) is 0.529. The number of carbonyl (C=O) groups is 2. The van der Waals surface area contributed by atoms with E-state index < -0.39 is 6.03 Å². The van der Waals surface area contributed by atoms with Crippen LogP contribution in [0.1, 0.15) is 37.0 Å². The van der Waals surface area contributed by atoms with Crippen LogP contribution in [0.25, 0.3) is 0 Å². The number of amides is 3. The third-order valence-electron chi connectivity index (χ3n) is 3.59. The molecule has 0 bridgehead atoms. The topological polar surface area (TPSA) is 61.4 Å². The van der Waals surface area contributed by atoms with E-state index in [9.17, 15) is 9.59 Å². The van der Waals surface area contributed by atoms with Crippen LogP contribution in [0, 0.1) is 13.8 Å². The molecule has 0 unspecified atom stereocenters. The van der Waals surface area contributed by atoms with Crippen molar-refractivity contribution in [2.24, 2.45) is 0 Å². The predicted octanol–water partition coefficient (Wildman–Crippen LogP) is 2.36. The third kappa shape index (κ3) is 6.26. The van der Waals surface area contributed by atoms with E-state index in [0.29, 0.717) is 6.54 Å². The van der Waals surface area contributed by atoms with E-state index in [4.69, 9.17) is 0 Å². The highest BCUT2D eigenvalue weighted by Gasteiger charge is 2.12. The summed E-state index contributed by atoms with van der Waals surface area (Å²) >= 11 is 0. The number of aryl methyl sites for hydroxylation is 2. The fourth-order valence-electron chi connectivity index (χ4n) is 2.14. The van der Waals surface area contributed by atoms with Gasteiger partial charge in [-0.2, -0.15) is 0 Å². The molecule has 122 valence electrons. The number of urea groups is 1. The van der Waals surface area contributed by atoms with Crippen LogP contribution in [0.5, 0.6) is 0 Å². The molecule has 2 N–H and O–H groups in total. The summed E-state index contributed by atoms with van der Waals surface area (Å²) in [5.74, 6) is -0.298. The Morgan fingerprint density at radius 2 is 1.95 bits per heavy atom. The van der Waals surface area contributed by atoms with E-state index >= 15 is 0 Å². The minimum atomic E-state index is -0.431. The summed E-state index contributed by atoms with van der Waals surface area (Å²) in [5.41, 5.74) is 3.62. The molecule has 3 amide bonds. The van der Waals surface area contributed by atoms with Crippen LogP contribution in [0.2, 0.25) is 0 Å². The first-order chi connectivity index (χ1) is 10.3. The Morgan fingerprint density at radius 3 is 2.55 bits per heavy atom. The van der Waals surface area contributed by atoms with Gasteiger partial charge >= 0.3 is 6.03 Å². The molecule has 0 heterocycles. The molecule has 0 saturated heterocycles. The summed E-state index contributed by atoms with van der Waals surface area (Å²) < 4.78 is 0. The first-order valence-electron chi connectivity index (χ1n) is 7.66. The zero-order valence-corrected chi connectivity index (χ0v) is 14.2. The highest BCUT2D eigenvalue weighted by Crippen LogP contribution is 2.12. The standard InChI is InChI=1S/C17H27N3O2/c1-6-14(4)18-17(22)19-16(21)11-20(5)10-15-8-7-12(2)9-13(15)3/h7-9,14H,6,10-11H2,1-5H3,(H2,18,19,21,22)/t14-/m0/s1. The van der Waals surface area contributed by atoms with Gasteiger partial charge in [0.15, 0.2) is 0 Å². The van der Waals surface area contributed by atoms with Crippen molar-refractivity contribution in [3.8, 4) is 0 Å². The molecular weight excluding hydrogens is 278 g/mol. The van der Waals surface area contributed by atoms with Crippen LogP contribution in [-0.2, 0) is 11.3 Å². The summed E-state index contributed by atoms with van der Waals surface area (Å²) in [5, 5.41) is 5.06. The number of benzene rings is 1. The predicted molar refractivity (Wildman–Crippen MR) is 88.7 cm³/mol. The van der Waals surface area contributed by atoms with E-state index in [1.54, 1.807) is 0 Å². The van der Waals surface area contributed by atoms with E-state index in [1.165, 1.54) is 16.7 Å². The quantitative estimate of drug-likeness (QED) is 0.848. The summed E-state index contributed by atoms with van der Waals surface area (Å²) in [7, 11) is 1.87. The number of nitrogens with one attached hydrogen (secondary N) is 2. The molecule has 1 rings (SSSR count). The fourth-order valence-corrected chi connectivity index (χ4v) is 2.14. The Morgan fingerprint density at radius 1 is 1.27 bits per heavy atom.